The van der Waals surface area contributed by atoms with Crippen molar-refractivity contribution in [2.24, 2.45) is 10.7 Å². The van der Waals surface area contributed by atoms with Gasteiger partial charge in [0.2, 0.25) is 0 Å². The minimum atomic E-state index is 0.429. The minimum Gasteiger partial charge on any atom is -0.493 e. The van der Waals surface area contributed by atoms with Gasteiger partial charge in [0.15, 0.2) is 17.5 Å². The van der Waals surface area contributed by atoms with E-state index in [-0.39, 0.29) is 0 Å². The van der Waals surface area contributed by atoms with Gasteiger partial charge in [0.25, 0.3) is 0 Å². The van der Waals surface area contributed by atoms with Crippen LogP contribution in [0.25, 0.3) is 0 Å². The zero-order valence-electron chi connectivity index (χ0n) is 18.0. The summed E-state index contributed by atoms with van der Waals surface area (Å²) < 4.78 is 10.6. The van der Waals surface area contributed by atoms with Gasteiger partial charge in [0.05, 0.1) is 14.2 Å². The molecule has 0 amide bonds. The molecular weight excluding hydrogens is 364 g/mol. The van der Waals surface area contributed by atoms with Crippen LogP contribution in [0.2, 0.25) is 0 Å². The van der Waals surface area contributed by atoms with Gasteiger partial charge in [-0.2, -0.15) is 0 Å². The molecular formula is C23H34N4O2. The molecule has 0 radical (unpaired) electrons. The van der Waals surface area contributed by atoms with Crippen molar-refractivity contribution in [3.8, 4) is 11.5 Å². The lowest BCUT2D eigenvalue weighted by Gasteiger charge is -2.24. The van der Waals surface area contributed by atoms with Gasteiger partial charge >= 0.3 is 0 Å². The van der Waals surface area contributed by atoms with E-state index in [4.69, 9.17) is 15.2 Å². The molecule has 0 saturated heterocycles. The number of methoxy groups -OCH3 is 2. The first-order chi connectivity index (χ1) is 14.0. The zero-order chi connectivity index (χ0) is 21.1. The highest BCUT2D eigenvalue weighted by molar-refractivity contribution is 5.77. The Morgan fingerprint density at radius 3 is 2.48 bits per heavy atom. The molecule has 0 saturated carbocycles. The topological polar surface area (TPSA) is 72.1 Å². The van der Waals surface area contributed by atoms with E-state index in [0.717, 1.165) is 36.4 Å². The third kappa shape index (κ3) is 7.66. The van der Waals surface area contributed by atoms with E-state index in [2.05, 4.69) is 53.4 Å². The van der Waals surface area contributed by atoms with Crippen molar-refractivity contribution in [1.82, 2.24) is 10.2 Å². The lowest BCUT2D eigenvalue weighted by atomic mass is 10.1. The Morgan fingerprint density at radius 1 is 1.07 bits per heavy atom. The summed E-state index contributed by atoms with van der Waals surface area (Å²) in [6, 6.07) is 16.9. The largest absolute Gasteiger partial charge is 0.493 e. The molecule has 158 valence electrons. The molecule has 0 aromatic heterocycles. The molecule has 6 nitrogen and oxygen atoms in total. The highest BCUT2D eigenvalue weighted by Gasteiger charge is 2.09. The molecule has 0 aliphatic carbocycles. The molecule has 0 bridgehead atoms. The molecule has 2 aromatic carbocycles. The standard InChI is InChI=1S/C23H34N4O2/c1-18(27(2)17-20-8-6-5-7-9-20)12-14-25-23(24)26-15-13-19-10-11-21(28-3)22(16-19)29-4/h5-11,16,18H,12-15,17H2,1-4H3,(H3,24,25,26). The van der Waals surface area contributed by atoms with Gasteiger partial charge in [-0.25, -0.2) is 0 Å². The van der Waals surface area contributed by atoms with Crippen molar-refractivity contribution >= 4 is 5.96 Å². The van der Waals surface area contributed by atoms with Crippen molar-refractivity contribution in [3.05, 3.63) is 59.7 Å². The van der Waals surface area contributed by atoms with Crippen molar-refractivity contribution in [2.75, 3.05) is 34.4 Å². The SMILES string of the molecule is COc1ccc(CCNC(N)=NCCC(C)N(C)Cc2ccccc2)cc1OC. The number of guanidine groups is 1. The van der Waals surface area contributed by atoms with Gasteiger partial charge in [0, 0.05) is 25.7 Å². The molecule has 0 fully saturated rings. The van der Waals surface area contributed by atoms with Gasteiger partial charge in [-0.05, 0) is 50.1 Å². The van der Waals surface area contributed by atoms with Gasteiger partial charge in [0.1, 0.15) is 0 Å². The maximum absolute atomic E-state index is 6.01. The van der Waals surface area contributed by atoms with E-state index >= 15 is 0 Å². The van der Waals surface area contributed by atoms with Gasteiger partial charge in [-0.1, -0.05) is 36.4 Å². The average Bonchev–Trinajstić information content (AvgIpc) is 2.74. The van der Waals surface area contributed by atoms with Crippen LogP contribution in [0, 0.1) is 0 Å². The number of rotatable bonds is 11. The van der Waals surface area contributed by atoms with E-state index in [1.54, 1.807) is 14.2 Å². The minimum absolute atomic E-state index is 0.429. The number of aliphatic imine (C=N–C) groups is 1. The van der Waals surface area contributed by atoms with Gasteiger partial charge in [-0.15, -0.1) is 0 Å². The normalized spacial score (nSPS) is 12.7. The quantitative estimate of drug-likeness (QED) is 0.450. The third-order valence-corrected chi connectivity index (χ3v) is 5.02. The van der Waals surface area contributed by atoms with Crippen molar-refractivity contribution in [2.45, 2.75) is 32.4 Å². The van der Waals surface area contributed by atoms with E-state index in [1.165, 1.54) is 5.56 Å². The predicted molar refractivity (Wildman–Crippen MR) is 120 cm³/mol. The van der Waals surface area contributed by atoms with E-state index in [1.807, 2.05) is 24.3 Å². The van der Waals surface area contributed by atoms with Crippen LogP contribution in [0.1, 0.15) is 24.5 Å². The van der Waals surface area contributed by atoms with E-state index in [0.29, 0.717) is 25.1 Å². The maximum atomic E-state index is 6.01. The Balaban J connectivity index is 1.70. The fraction of sp³-hybridized carbons (Fsp3) is 0.435. The Kier molecular flexibility index (Phi) is 9.31. The number of hydrogen-bond donors (Lipinski definition) is 2. The Hall–Kier alpha value is -2.73. The van der Waals surface area contributed by atoms with Crippen LogP contribution >= 0.6 is 0 Å². The summed E-state index contributed by atoms with van der Waals surface area (Å²) in [5, 5.41) is 3.18. The summed E-state index contributed by atoms with van der Waals surface area (Å²) in [6.45, 7) is 4.58. The summed E-state index contributed by atoms with van der Waals surface area (Å²) in [6.07, 6.45) is 1.79. The summed E-state index contributed by atoms with van der Waals surface area (Å²) in [4.78, 5) is 6.80. The van der Waals surface area contributed by atoms with Crippen LogP contribution in [-0.4, -0.2) is 51.3 Å². The van der Waals surface area contributed by atoms with Crippen molar-refractivity contribution in [1.29, 1.82) is 0 Å². The summed E-state index contributed by atoms with van der Waals surface area (Å²) in [5.41, 5.74) is 8.48. The smallest absolute Gasteiger partial charge is 0.188 e. The Bertz CT molecular complexity index is 765. The van der Waals surface area contributed by atoms with Crippen LogP contribution in [0.3, 0.4) is 0 Å². The van der Waals surface area contributed by atoms with Crippen LogP contribution in [-0.2, 0) is 13.0 Å². The average molecular weight is 399 g/mol. The first-order valence-electron chi connectivity index (χ1n) is 10.0. The molecule has 2 aromatic rings. The Labute approximate surface area is 174 Å². The number of nitrogens with one attached hydrogen (secondary N) is 1. The van der Waals surface area contributed by atoms with Crippen LogP contribution in [0.15, 0.2) is 53.5 Å². The van der Waals surface area contributed by atoms with Crippen LogP contribution in [0.5, 0.6) is 11.5 Å². The number of ether oxygens (including phenoxy) is 2. The molecule has 2 rings (SSSR count). The molecule has 0 spiro atoms. The van der Waals surface area contributed by atoms with Crippen molar-refractivity contribution in [3.63, 3.8) is 0 Å². The highest BCUT2D eigenvalue weighted by atomic mass is 16.5. The van der Waals surface area contributed by atoms with Gasteiger partial charge < -0.3 is 20.5 Å². The molecule has 6 heteroatoms. The molecule has 1 unspecified atom stereocenters. The van der Waals surface area contributed by atoms with E-state index < -0.39 is 0 Å². The number of hydrogen-bond acceptors (Lipinski definition) is 4. The highest BCUT2D eigenvalue weighted by Crippen LogP contribution is 2.27. The second kappa shape index (κ2) is 12.0. The van der Waals surface area contributed by atoms with E-state index in [9.17, 15) is 0 Å². The monoisotopic (exact) mass is 398 g/mol. The van der Waals surface area contributed by atoms with Crippen LogP contribution < -0.4 is 20.5 Å². The lowest BCUT2D eigenvalue weighted by Crippen LogP contribution is -2.34. The number of nitrogens with two attached hydrogens (primary N) is 1. The molecule has 0 heterocycles. The summed E-state index contributed by atoms with van der Waals surface area (Å²) in [7, 11) is 5.42. The first kappa shape index (κ1) is 22.6. The number of benzene rings is 2. The maximum Gasteiger partial charge on any atom is 0.188 e. The van der Waals surface area contributed by atoms with Gasteiger partial charge in [-0.3, -0.25) is 9.89 Å². The number of nitrogens with zero attached hydrogens (tertiary/aromatic N) is 2. The lowest BCUT2D eigenvalue weighted by molar-refractivity contribution is 0.240. The van der Waals surface area contributed by atoms with Crippen molar-refractivity contribution < 1.29 is 9.47 Å². The molecule has 0 aliphatic heterocycles. The first-order valence-corrected chi connectivity index (χ1v) is 10.0. The Morgan fingerprint density at radius 2 is 1.79 bits per heavy atom. The summed E-state index contributed by atoms with van der Waals surface area (Å²) >= 11 is 0. The second-order valence-electron chi connectivity index (χ2n) is 7.17. The second-order valence-corrected chi connectivity index (χ2v) is 7.17. The summed E-state index contributed by atoms with van der Waals surface area (Å²) in [5.74, 6) is 1.96. The molecule has 29 heavy (non-hydrogen) atoms. The third-order valence-electron chi connectivity index (χ3n) is 5.02. The fourth-order valence-electron chi connectivity index (χ4n) is 3.05. The predicted octanol–water partition coefficient (Wildman–Crippen LogP) is 3.06. The fourth-order valence-corrected chi connectivity index (χ4v) is 3.05. The molecule has 3 N–H and O–H groups in total. The molecule has 0 aliphatic rings. The molecule has 1 atom stereocenters. The zero-order valence-corrected chi connectivity index (χ0v) is 18.0. The van der Waals surface area contributed by atoms with Crippen LogP contribution in [0.4, 0.5) is 0 Å².